The molecule has 8 heteroatoms. The normalized spacial score (nSPS) is 15.4. The number of halogens is 3. The zero-order valence-electron chi connectivity index (χ0n) is 10.8. The van der Waals surface area contributed by atoms with Gasteiger partial charge in [-0.25, -0.2) is 0 Å². The van der Waals surface area contributed by atoms with Gasteiger partial charge in [0.15, 0.2) is 0 Å². The molecule has 0 saturated heterocycles. The van der Waals surface area contributed by atoms with Crippen molar-refractivity contribution < 1.29 is 25.5 Å². The molecule has 0 saturated carbocycles. The third-order valence-corrected chi connectivity index (χ3v) is 10.4. The van der Waals surface area contributed by atoms with Crippen molar-refractivity contribution in [3.63, 3.8) is 0 Å². The van der Waals surface area contributed by atoms with Gasteiger partial charge in [-0.3, -0.25) is 0 Å². The van der Waals surface area contributed by atoms with Crippen molar-refractivity contribution in [2.75, 3.05) is 0 Å². The number of hydrogen-bond acceptors (Lipinski definition) is 3. The van der Waals surface area contributed by atoms with Gasteiger partial charge in [-0.2, -0.15) is 21.6 Å². The molecule has 0 amide bonds. The molecule has 0 bridgehead atoms. The zero-order valence-corrected chi connectivity index (χ0v) is 12.7. The van der Waals surface area contributed by atoms with Crippen molar-refractivity contribution in [1.82, 2.24) is 0 Å². The van der Waals surface area contributed by atoms with Crippen molar-refractivity contribution in [1.29, 1.82) is 0 Å². The number of alkyl halides is 3. The summed E-state index contributed by atoms with van der Waals surface area (Å²) in [7, 11) is -8.56. The van der Waals surface area contributed by atoms with Gasteiger partial charge in [0, 0.05) is 0 Å². The summed E-state index contributed by atoms with van der Waals surface area (Å²) in [6.07, 6.45) is 0. The van der Waals surface area contributed by atoms with Crippen LogP contribution in [-0.2, 0) is 14.0 Å². The molecule has 0 spiro atoms. The molecule has 0 radical (unpaired) electrons. The maximum atomic E-state index is 12.3. The van der Waals surface area contributed by atoms with E-state index < -0.39 is 29.0 Å². The van der Waals surface area contributed by atoms with Crippen molar-refractivity contribution in [3.8, 4) is 0 Å². The first-order valence-electron chi connectivity index (χ1n) is 5.17. The Labute approximate surface area is 102 Å². The highest BCUT2D eigenvalue weighted by molar-refractivity contribution is 7.88. The molecule has 0 aliphatic rings. The minimum Gasteiger partial charge on any atom is -0.308 e. The van der Waals surface area contributed by atoms with Gasteiger partial charge >= 0.3 is 15.6 Å². The Bertz CT molecular complexity index is 371. The summed E-state index contributed by atoms with van der Waals surface area (Å²) in [4.78, 5) is 0. The van der Waals surface area contributed by atoms with Crippen LogP contribution >= 0.6 is 0 Å². The second-order valence-corrected chi connectivity index (χ2v) is 11.7. The Morgan fingerprint density at radius 2 is 1.47 bits per heavy atom. The van der Waals surface area contributed by atoms with Crippen LogP contribution in [-0.4, -0.2) is 22.2 Å². The third-order valence-electron chi connectivity index (χ3n) is 3.60. The summed E-state index contributed by atoms with van der Waals surface area (Å²) in [5.74, 6) is 0.0209. The summed E-state index contributed by atoms with van der Waals surface area (Å²) >= 11 is 0. The number of rotatable bonds is 4. The van der Waals surface area contributed by atoms with Gasteiger partial charge in [-0.15, -0.1) is 0 Å². The van der Waals surface area contributed by atoms with Crippen LogP contribution in [0.4, 0.5) is 13.2 Å². The first kappa shape index (κ1) is 16.9. The lowest BCUT2D eigenvalue weighted by atomic mass is 9.99. The van der Waals surface area contributed by atoms with Crippen molar-refractivity contribution >= 4 is 18.4 Å². The number of hydrogen-bond donors (Lipinski definition) is 0. The van der Waals surface area contributed by atoms with E-state index >= 15 is 0 Å². The van der Waals surface area contributed by atoms with Gasteiger partial charge in [-0.1, -0.05) is 27.7 Å². The maximum absolute atomic E-state index is 12.3. The van der Waals surface area contributed by atoms with E-state index in [2.05, 4.69) is 3.87 Å². The topological polar surface area (TPSA) is 43.4 Å². The standard InChI is InChI=1S/C9H19F3O3SSi/c1-7(2)8(3,4)17(5,6)15-16(13,14)9(10,11)12/h7H,1-6H3. The molecule has 0 N–H and O–H groups in total. The largest absolute Gasteiger partial charge is 0.522 e. The Hall–Kier alpha value is -0.0831. The second kappa shape index (κ2) is 4.54. The fourth-order valence-corrected chi connectivity index (χ4v) is 5.95. The first-order valence-corrected chi connectivity index (χ1v) is 9.49. The van der Waals surface area contributed by atoms with Gasteiger partial charge in [0.05, 0.1) is 0 Å². The van der Waals surface area contributed by atoms with Gasteiger partial charge < -0.3 is 3.87 Å². The summed E-state index contributed by atoms with van der Waals surface area (Å²) in [5.41, 5.74) is -5.36. The molecule has 0 rings (SSSR count). The quantitative estimate of drug-likeness (QED) is 0.588. The van der Waals surface area contributed by atoms with Crippen LogP contribution in [0.1, 0.15) is 27.7 Å². The first-order chi connectivity index (χ1) is 7.15. The van der Waals surface area contributed by atoms with Crippen LogP contribution < -0.4 is 0 Å². The zero-order chi connectivity index (χ0) is 14.3. The Kier molecular flexibility index (Phi) is 4.52. The molecule has 17 heavy (non-hydrogen) atoms. The minimum absolute atomic E-state index is 0.0209. The van der Waals surface area contributed by atoms with Crippen molar-refractivity contribution in [3.05, 3.63) is 0 Å². The minimum atomic E-state index is -5.51. The summed E-state index contributed by atoms with van der Waals surface area (Å²) < 4.78 is 63.3. The Balaban J connectivity index is 5.29. The molecule has 0 fully saturated rings. The molecule has 3 nitrogen and oxygen atoms in total. The summed E-state index contributed by atoms with van der Waals surface area (Å²) in [5, 5.41) is -0.592. The van der Waals surface area contributed by atoms with Crippen LogP contribution in [0.2, 0.25) is 18.1 Å². The third kappa shape index (κ3) is 3.44. The predicted molar refractivity (Wildman–Crippen MR) is 62.4 cm³/mol. The molecule has 0 unspecified atom stereocenters. The highest BCUT2D eigenvalue weighted by Gasteiger charge is 2.54. The van der Waals surface area contributed by atoms with E-state index in [0.29, 0.717) is 0 Å². The van der Waals surface area contributed by atoms with Crippen LogP contribution in [0.25, 0.3) is 0 Å². The molecule has 0 heterocycles. The van der Waals surface area contributed by atoms with E-state index in [4.69, 9.17) is 0 Å². The lowest BCUT2D eigenvalue weighted by molar-refractivity contribution is -0.0505. The van der Waals surface area contributed by atoms with E-state index in [-0.39, 0.29) is 5.92 Å². The fourth-order valence-electron chi connectivity index (χ4n) is 1.12. The smallest absolute Gasteiger partial charge is 0.308 e. The molecular formula is C9H19F3O3SSi. The van der Waals surface area contributed by atoms with Crippen molar-refractivity contribution in [2.24, 2.45) is 5.92 Å². The lowest BCUT2D eigenvalue weighted by Crippen LogP contribution is -2.48. The average Bonchev–Trinajstić information content (AvgIpc) is 1.98. The molecular weight excluding hydrogens is 273 g/mol. The Morgan fingerprint density at radius 3 is 1.71 bits per heavy atom. The van der Waals surface area contributed by atoms with E-state index in [0.717, 1.165) is 0 Å². The predicted octanol–water partition coefficient (Wildman–Crippen LogP) is 3.49. The van der Waals surface area contributed by atoms with E-state index in [1.54, 1.807) is 13.8 Å². The van der Waals surface area contributed by atoms with E-state index in [1.807, 2.05) is 13.8 Å². The van der Waals surface area contributed by atoms with E-state index in [9.17, 15) is 21.6 Å². The molecule has 104 valence electrons. The van der Waals surface area contributed by atoms with Gasteiger partial charge in [-0.05, 0) is 24.1 Å². The molecule has 0 aliphatic heterocycles. The highest BCUT2D eigenvalue weighted by atomic mass is 32.2. The average molecular weight is 292 g/mol. The Morgan fingerprint density at radius 1 is 1.12 bits per heavy atom. The van der Waals surface area contributed by atoms with Crippen LogP contribution in [0.3, 0.4) is 0 Å². The van der Waals surface area contributed by atoms with Gasteiger partial charge in [0.1, 0.15) is 0 Å². The summed E-state index contributed by atoms with van der Waals surface area (Å²) in [6.45, 7) is 10.1. The van der Waals surface area contributed by atoms with Crippen LogP contribution in [0.5, 0.6) is 0 Å². The lowest BCUT2D eigenvalue weighted by Gasteiger charge is -2.41. The molecule has 0 atom stereocenters. The molecule has 0 aromatic rings. The maximum Gasteiger partial charge on any atom is 0.522 e. The highest BCUT2D eigenvalue weighted by Crippen LogP contribution is 2.46. The monoisotopic (exact) mass is 292 g/mol. The summed E-state index contributed by atoms with van der Waals surface area (Å²) in [6, 6.07) is 0. The molecule has 0 aromatic heterocycles. The van der Waals surface area contributed by atoms with Gasteiger partial charge in [0.25, 0.3) is 0 Å². The molecule has 0 aromatic carbocycles. The van der Waals surface area contributed by atoms with Crippen LogP contribution in [0.15, 0.2) is 0 Å². The molecule has 0 aliphatic carbocycles. The van der Waals surface area contributed by atoms with Crippen molar-refractivity contribution in [2.45, 2.75) is 51.3 Å². The second-order valence-electron chi connectivity index (χ2n) is 5.37. The fraction of sp³-hybridized carbons (Fsp3) is 1.00. The van der Waals surface area contributed by atoms with E-state index in [1.165, 1.54) is 13.1 Å². The van der Waals surface area contributed by atoms with Crippen LogP contribution in [0, 0.1) is 5.92 Å². The van der Waals surface area contributed by atoms with Gasteiger partial charge in [0.2, 0.25) is 8.32 Å². The SMILES string of the molecule is CC(C)C(C)(C)[Si](C)(C)OS(=O)(=O)C(F)(F)F.